The Hall–Kier alpha value is -0.840. The number of nitrogen functional groups attached to an aromatic ring is 1. The van der Waals surface area contributed by atoms with Crippen LogP contribution in [-0.2, 0) is 12.0 Å². The van der Waals surface area contributed by atoms with Crippen LogP contribution in [0.3, 0.4) is 0 Å². The van der Waals surface area contributed by atoms with Gasteiger partial charge in [0.25, 0.3) is 0 Å². The summed E-state index contributed by atoms with van der Waals surface area (Å²) in [6.07, 6.45) is 0. The van der Waals surface area contributed by atoms with Crippen molar-refractivity contribution in [2.45, 2.75) is 25.8 Å². The lowest BCUT2D eigenvalue weighted by atomic mass is 9.91. The van der Waals surface area contributed by atoms with E-state index >= 15 is 0 Å². The van der Waals surface area contributed by atoms with E-state index in [2.05, 4.69) is 52.6 Å². The predicted molar refractivity (Wildman–Crippen MR) is 87.6 cm³/mol. The van der Waals surface area contributed by atoms with Gasteiger partial charge in [0.1, 0.15) is 0 Å². The minimum Gasteiger partial charge on any atom is -0.399 e. The van der Waals surface area contributed by atoms with Gasteiger partial charge in [0, 0.05) is 38.9 Å². The quantitative estimate of drug-likeness (QED) is 0.803. The summed E-state index contributed by atoms with van der Waals surface area (Å²) in [6.45, 7) is 6.31. The van der Waals surface area contributed by atoms with Crippen molar-refractivity contribution in [3.63, 3.8) is 0 Å². The second-order valence-corrected chi connectivity index (χ2v) is 7.19. The van der Waals surface area contributed by atoms with E-state index in [9.17, 15) is 0 Å². The second kappa shape index (κ2) is 6.07. The molecular formula is C15H19BrN2S. The molecule has 1 aromatic heterocycles. The van der Waals surface area contributed by atoms with Gasteiger partial charge in [-0.1, -0.05) is 26.0 Å². The predicted octanol–water partition coefficient (Wildman–Crippen LogP) is 4.16. The number of halogens is 1. The summed E-state index contributed by atoms with van der Waals surface area (Å²) in [6, 6.07) is 10.2. The zero-order valence-corrected chi connectivity index (χ0v) is 13.6. The van der Waals surface area contributed by atoms with Gasteiger partial charge in [0.05, 0.1) is 0 Å². The number of nitrogens with one attached hydrogen (secondary N) is 1. The van der Waals surface area contributed by atoms with Crippen LogP contribution in [0.25, 0.3) is 0 Å². The lowest BCUT2D eigenvalue weighted by molar-refractivity contribution is 0.476. The average molecular weight is 339 g/mol. The molecule has 0 aliphatic carbocycles. The SMILES string of the molecule is CC(C)(CNCc1cccc(N)c1)c1cc(Br)cs1. The lowest BCUT2D eigenvalue weighted by Gasteiger charge is -2.23. The summed E-state index contributed by atoms with van der Waals surface area (Å²) in [5, 5.41) is 5.65. The molecule has 0 fully saturated rings. The maximum atomic E-state index is 5.78. The minimum absolute atomic E-state index is 0.136. The number of hydrogen-bond acceptors (Lipinski definition) is 3. The molecule has 0 aliphatic heterocycles. The number of rotatable bonds is 5. The molecule has 2 nitrogen and oxygen atoms in total. The van der Waals surface area contributed by atoms with Crippen molar-refractivity contribution in [2.24, 2.45) is 0 Å². The van der Waals surface area contributed by atoms with Crippen molar-refractivity contribution in [1.82, 2.24) is 5.32 Å². The molecule has 102 valence electrons. The number of thiophene rings is 1. The van der Waals surface area contributed by atoms with Crippen LogP contribution in [0.2, 0.25) is 0 Å². The summed E-state index contributed by atoms with van der Waals surface area (Å²) in [5.41, 5.74) is 7.96. The Morgan fingerprint density at radius 3 is 2.74 bits per heavy atom. The maximum absolute atomic E-state index is 5.78. The van der Waals surface area contributed by atoms with Crippen LogP contribution >= 0.6 is 27.3 Å². The fourth-order valence-electron chi connectivity index (χ4n) is 1.98. The monoisotopic (exact) mass is 338 g/mol. The molecule has 0 radical (unpaired) electrons. The van der Waals surface area contributed by atoms with Crippen LogP contribution < -0.4 is 11.1 Å². The van der Waals surface area contributed by atoms with Crippen LogP contribution in [0.15, 0.2) is 40.2 Å². The Morgan fingerprint density at radius 1 is 1.32 bits per heavy atom. The van der Waals surface area contributed by atoms with Gasteiger partial charge in [-0.2, -0.15) is 0 Å². The van der Waals surface area contributed by atoms with E-state index in [1.165, 1.54) is 10.4 Å². The smallest absolute Gasteiger partial charge is 0.0317 e. The summed E-state index contributed by atoms with van der Waals surface area (Å²) < 4.78 is 1.16. The van der Waals surface area contributed by atoms with Crippen LogP contribution in [0.4, 0.5) is 5.69 Å². The third kappa shape index (κ3) is 4.06. The highest BCUT2D eigenvalue weighted by atomic mass is 79.9. The number of nitrogens with two attached hydrogens (primary N) is 1. The van der Waals surface area contributed by atoms with Crippen molar-refractivity contribution in [3.05, 3.63) is 50.6 Å². The number of hydrogen-bond donors (Lipinski definition) is 2. The van der Waals surface area contributed by atoms with E-state index in [1.54, 1.807) is 11.3 Å². The molecule has 0 unspecified atom stereocenters. The molecule has 0 spiro atoms. The van der Waals surface area contributed by atoms with E-state index in [0.717, 1.165) is 23.2 Å². The van der Waals surface area contributed by atoms with Crippen molar-refractivity contribution < 1.29 is 0 Å². The molecule has 0 saturated carbocycles. The summed E-state index contributed by atoms with van der Waals surface area (Å²) >= 11 is 5.31. The third-order valence-electron chi connectivity index (χ3n) is 3.08. The minimum atomic E-state index is 0.136. The second-order valence-electron chi connectivity index (χ2n) is 5.36. The van der Waals surface area contributed by atoms with E-state index in [0.29, 0.717) is 0 Å². The van der Waals surface area contributed by atoms with Gasteiger partial charge in [-0.3, -0.25) is 0 Å². The Morgan fingerprint density at radius 2 is 2.11 bits per heavy atom. The molecule has 0 saturated heterocycles. The standard InChI is InChI=1S/C15H19BrN2S/c1-15(2,14-7-12(16)9-19-14)10-18-8-11-4-3-5-13(17)6-11/h3-7,9,18H,8,10,17H2,1-2H3. The van der Waals surface area contributed by atoms with Crippen LogP contribution in [0, 0.1) is 0 Å². The molecule has 3 N–H and O–H groups in total. The number of anilines is 1. The van der Waals surface area contributed by atoms with Gasteiger partial charge >= 0.3 is 0 Å². The fourth-order valence-corrected chi connectivity index (χ4v) is 3.53. The molecule has 0 bridgehead atoms. The molecular weight excluding hydrogens is 320 g/mol. The first-order valence-electron chi connectivity index (χ1n) is 6.27. The van der Waals surface area contributed by atoms with Crippen molar-refractivity contribution in [3.8, 4) is 0 Å². The van der Waals surface area contributed by atoms with E-state index < -0.39 is 0 Å². The highest BCUT2D eigenvalue weighted by Crippen LogP contribution is 2.31. The topological polar surface area (TPSA) is 38.0 Å². The molecule has 1 aromatic carbocycles. The first kappa shape index (κ1) is 14.6. The van der Waals surface area contributed by atoms with Gasteiger partial charge in [-0.25, -0.2) is 0 Å². The normalized spacial score (nSPS) is 11.7. The zero-order valence-electron chi connectivity index (χ0n) is 11.2. The fraction of sp³-hybridized carbons (Fsp3) is 0.333. The highest BCUT2D eigenvalue weighted by molar-refractivity contribution is 9.10. The van der Waals surface area contributed by atoms with Gasteiger partial charge in [-0.15, -0.1) is 11.3 Å². The highest BCUT2D eigenvalue weighted by Gasteiger charge is 2.21. The largest absolute Gasteiger partial charge is 0.399 e. The molecule has 1 heterocycles. The lowest BCUT2D eigenvalue weighted by Crippen LogP contribution is -2.31. The molecule has 19 heavy (non-hydrogen) atoms. The molecule has 0 amide bonds. The number of benzene rings is 1. The molecule has 2 rings (SSSR count). The first-order chi connectivity index (χ1) is 8.97. The Bertz CT molecular complexity index is 549. The molecule has 0 aliphatic rings. The van der Waals surface area contributed by atoms with E-state index in [1.807, 2.05) is 18.2 Å². The van der Waals surface area contributed by atoms with Gasteiger partial charge in [0.15, 0.2) is 0 Å². The zero-order chi connectivity index (χ0) is 13.9. The van der Waals surface area contributed by atoms with Crippen LogP contribution in [0.5, 0.6) is 0 Å². The summed E-state index contributed by atoms with van der Waals surface area (Å²) in [4.78, 5) is 1.39. The summed E-state index contributed by atoms with van der Waals surface area (Å²) in [7, 11) is 0. The van der Waals surface area contributed by atoms with Gasteiger partial charge < -0.3 is 11.1 Å². The Balaban J connectivity index is 1.91. The first-order valence-corrected chi connectivity index (χ1v) is 7.94. The Kier molecular flexibility index (Phi) is 4.66. The van der Waals surface area contributed by atoms with Crippen LogP contribution in [-0.4, -0.2) is 6.54 Å². The molecule has 2 aromatic rings. The third-order valence-corrected chi connectivity index (χ3v) is 5.14. The summed E-state index contributed by atoms with van der Waals surface area (Å²) in [5.74, 6) is 0. The van der Waals surface area contributed by atoms with Crippen LogP contribution in [0.1, 0.15) is 24.3 Å². The molecule has 0 atom stereocenters. The van der Waals surface area contributed by atoms with Gasteiger partial charge in [0.2, 0.25) is 0 Å². The van der Waals surface area contributed by atoms with Gasteiger partial charge in [-0.05, 0) is 39.7 Å². The van der Waals surface area contributed by atoms with E-state index in [-0.39, 0.29) is 5.41 Å². The maximum Gasteiger partial charge on any atom is 0.0317 e. The molecule has 4 heteroatoms. The average Bonchev–Trinajstić information content (AvgIpc) is 2.76. The van der Waals surface area contributed by atoms with Crippen molar-refractivity contribution in [2.75, 3.05) is 12.3 Å². The Labute approximate surface area is 127 Å². The van der Waals surface area contributed by atoms with Crippen molar-refractivity contribution in [1.29, 1.82) is 0 Å². The van der Waals surface area contributed by atoms with E-state index in [4.69, 9.17) is 5.73 Å². The van der Waals surface area contributed by atoms with Crippen molar-refractivity contribution >= 4 is 33.0 Å².